The Kier molecular flexibility index (Phi) is 5.17. The first-order valence-electron chi connectivity index (χ1n) is 7.59. The van der Waals surface area contributed by atoms with E-state index in [0.717, 1.165) is 17.8 Å². The number of nitrogens with one attached hydrogen (secondary N) is 2. The number of nitrogens with zero attached hydrogens (tertiary/aromatic N) is 3. The maximum atomic E-state index is 12.8. The number of hydrogen-bond donors (Lipinski definition) is 2. The van der Waals surface area contributed by atoms with Gasteiger partial charge in [0.05, 0.1) is 12.1 Å². The van der Waals surface area contributed by atoms with Crippen LogP contribution in [0.2, 0.25) is 0 Å². The smallest absolute Gasteiger partial charge is 0.332 e. The van der Waals surface area contributed by atoms with Gasteiger partial charge in [-0.2, -0.15) is 13.2 Å². The summed E-state index contributed by atoms with van der Waals surface area (Å²) in [6.07, 6.45) is -2.95. The Balaban J connectivity index is 1.62. The topological polar surface area (TPSA) is 54.8 Å². The van der Waals surface area contributed by atoms with E-state index in [-0.39, 0.29) is 12.5 Å². The summed E-state index contributed by atoms with van der Waals surface area (Å²) < 4.78 is 39.7. The first kappa shape index (κ1) is 17.9. The Morgan fingerprint density at radius 3 is 2.54 bits per heavy atom. The van der Waals surface area contributed by atoms with Crippen LogP contribution in [0.15, 0.2) is 60.9 Å². The third kappa shape index (κ3) is 4.79. The van der Waals surface area contributed by atoms with E-state index in [1.54, 1.807) is 6.07 Å². The van der Waals surface area contributed by atoms with Gasteiger partial charge in [-0.1, -0.05) is 30.3 Å². The maximum Gasteiger partial charge on any atom is 0.416 e. The Labute approximate surface area is 152 Å². The largest absolute Gasteiger partial charge is 0.416 e. The second-order valence-corrected chi connectivity index (χ2v) is 5.82. The molecule has 0 saturated carbocycles. The van der Waals surface area contributed by atoms with Gasteiger partial charge in [-0.25, -0.2) is 9.67 Å². The molecule has 0 unspecified atom stereocenters. The molecule has 0 atom stereocenters. The summed E-state index contributed by atoms with van der Waals surface area (Å²) in [5.74, 6) is 0.255. The number of anilines is 2. The first-order chi connectivity index (χ1) is 12.4. The second kappa shape index (κ2) is 7.52. The van der Waals surface area contributed by atoms with Gasteiger partial charge >= 0.3 is 6.18 Å². The molecule has 0 fully saturated rings. The molecule has 0 aliphatic heterocycles. The minimum Gasteiger partial charge on any atom is -0.332 e. The van der Waals surface area contributed by atoms with Crippen molar-refractivity contribution in [1.29, 1.82) is 0 Å². The van der Waals surface area contributed by atoms with Crippen molar-refractivity contribution in [1.82, 2.24) is 14.8 Å². The van der Waals surface area contributed by atoms with Gasteiger partial charge in [-0.05, 0) is 42.0 Å². The highest BCUT2D eigenvalue weighted by Gasteiger charge is 2.30. The van der Waals surface area contributed by atoms with E-state index in [2.05, 4.69) is 20.7 Å². The number of thiocarbonyl (C=S) groups is 1. The molecule has 1 aromatic heterocycles. The third-order valence-electron chi connectivity index (χ3n) is 3.39. The Morgan fingerprint density at radius 2 is 1.81 bits per heavy atom. The number of para-hydroxylation sites is 1. The molecule has 2 aromatic carbocycles. The van der Waals surface area contributed by atoms with Crippen LogP contribution in [0.4, 0.5) is 24.8 Å². The summed E-state index contributed by atoms with van der Waals surface area (Å²) in [7, 11) is 0. The van der Waals surface area contributed by atoms with Crippen LogP contribution in [0.5, 0.6) is 0 Å². The summed E-state index contributed by atoms with van der Waals surface area (Å²) in [5, 5.41) is 10.3. The molecule has 0 bridgehead atoms. The van der Waals surface area contributed by atoms with Crippen molar-refractivity contribution in [2.45, 2.75) is 12.7 Å². The van der Waals surface area contributed by atoms with Crippen molar-refractivity contribution in [2.75, 3.05) is 10.6 Å². The zero-order valence-electron chi connectivity index (χ0n) is 13.4. The number of rotatable bonds is 4. The number of benzene rings is 2. The molecule has 3 rings (SSSR count). The molecule has 26 heavy (non-hydrogen) atoms. The highest BCUT2D eigenvalue weighted by atomic mass is 32.1. The number of alkyl halides is 3. The lowest BCUT2D eigenvalue weighted by molar-refractivity contribution is -0.137. The minimum absolute atomic E-state index is 0.164. The van der Waals surface area contributed by atoms with Crippen LogP contribution < -0.4 is 10.6 Å². The van der Waals surface area contributed by atoms with Crippen LogP contribution in [0.25, 0.3) is 0 Å². The first-order valence-corrected chi connectivity index (χ1v) is 7.99. The zero-order chi connectivity index (χ0) is 18.6. The summed E-state index contributed by atoms with van der Waals surface area (Å²) in [6.45, 7) is 0.164. The van der Waals surface area contributed by atoms with Crippen molar-refractivity contribution in [3.63, 3.8) is 0 Å². The summed E-state index contributed by atoms with van der Waals surface area (Å²) in [4.78, 5) is 4.06. The fourth-order valence-electron chi connectivity index (χ4n) is 2.25. The molecule has 2 N–H and O–H groups in total. The normalized spacial score (nSPS) is 11.2. The zero-order valence-corrected chi connectivity index (χ0v) is 14.2. The van der Waals surface area contributed by atoms with Gasteiger partial charge in [-0.15, -0.1) is 5.10 Å². The van der Waals surface area contributed by atoms with Crippen LogP contribution in [-0.4, -0.2) is 19.9 Å². The second-order valence-electron chi connectivity index (χ2n) is 5.41. The summed E-state index contributed by atoms with van der Waals surface area (Å²) in [5.41, 5.74) is 0.594. The van der Waals surface area contributed by atoms with E-state index in [4.69, 9.17) is 12.2 Å². The molecule has 1 heterocycles. The maximum absolute atomic E-state index is 12.8. The lowest BCUT2D eigenvalue weighted by atomic mass is 10.1. The Hall–Kier alpha value is -2.94. The number of halogens is 3. The van der Waals surface area contributed by atoms with Gasteiger partial charge in [0.1, 0.15) is 6.33 Å². The minimum atomic E-state index is -4.37. The van der Waals surface area contributed by atoms with Crippen LogP contribution in [0.3, 0.4) is 0 Å². The van der Waals surface area contributed by atoms with Crippen molar-refractivity contribution in [3.8, 4) is 0 Å². The fraction of sp³-hybridized carbons (Fsp3) is 0.118. The monoisotopic (exact) mass is 377 g/mol. The van der Waals surface area contributed by atoms with Crippen molar-refractivity contribution in [2.24, 2.45) is 0 Å². The molecule has 0 saturated heterocycles. The predicted molar refractivity (Wildman–Crippen MR) is 96.9 cm³/mol. The van der Waals surface area contributed by atoms with Gasteiger partial charge < -0.3 is 5.32 Å². The highest BCUT2D eigenvalue weighted by Crippen LogP contribution is 2.29. The molecule has 134 valence electrons. The molecular weight excluding hydrogens is 363 g/mol. The van der Waals surface area contributed by atoms with Crippen LogP contribution >= 0.6 is 12.2 Å². The summed E-state index contributed by atoms with van der Waals surface area (Å²) >= 11 is 5.18. The van der Waals surface area contributed by atoms with E-state index >= 15 is 0 Å². The molecular formula is C17H14F3N5S. The number of hydrogen-bond acceptors (Lipinski definition) is 3. The molecule has 0 aliphatic carbocycles. The quantitative estimate of drug-likeness (QED) is 0.669. The van der Waals surface area contributed by atoms with Crippen LogP contribution in [0.1, 0.15) is 11.1 Å². The van der Waals surface area contributed by atoms with E-state index in [1.807, 2.05) is 30.3 Å². The average Bonchev–Trinajstić information content (AvgIpc) is 3.02. The van der Waals surface area contributed by atoms with E-state index in [0.29, 0.717) is 10.7 Å². The molecule has 0 aliphatic rings. The van der Waals surface area contributed by atoms with Gasteiger partial charge in [-0.3, -0.25) is 5.32 Å². The van der Waals surface area contributed by atoms with Gasteiger partial charge in [0.25, 0.3) is 0 Å². The molecule has 0 amide bonds. The lowest BCUT2D eigenvalue weighted by Crippen LogP contribution is -2.20. The van der Waals surface area contributed by atoms with Gasteiger partial charge in [0, 0.05) is 5.69 Å². The molecule has 3 aromatic rings. The van der Waals surface area contributed by atoms with E-state index < -0.39 is 11.7 Å². The Morgan fingerprint density at radius 1 is 1.04 bits per heavy atom. The lowest BCUT2D eigenvalue weighted by Gasteiger charge is -2.09. The molecule has 0 spiro atoms. The van der Waals surface area contributed by atoms with Crippen LogP contribution in [-0.2, 0) is 12.7 Å². The van der Waals surface area contributed by atoms with Crippen molar-refractivity contribution in [3.05, 3.63) is 72.1 Å². The average molecular weight is 377 g/mol. The standard InChI is InChI=1S/C17H14F3N5S/c18-17(19,20)13-6-4-5-12(9-13)10-25-11-21-15(24-25)23-16(26)22-14-7-2-1-3-8-14/h1-9,11H,10H2,(H2,22,23,24,26). The van der Waals surface area contributed by atoms with Crippen LogP contribution in [0, 0.1) is 0 Å². The van der Waals surface area contributed by atoms with Crippen molar-refractivity contribution >= 4 is 29.0 Å². The molecule has 9 heteroatoms. The van der Waals surface area contributed by atoms with Crippen molar-refractivity contribution < 1.29 is 13.2 Å². The van der Waals surface area contributed by atoms with E-state index in [1.165, 1.54) is 17.1 Å². The number of aromatic nitrogens is 3. The summed E-state index contributed by atoms with van der Waals surface area (Å²) in [6, 6.07) is 14.4. The highest BCUT2D eigenvalue weighted by molar-refractivity contribution is 7.80. The third-order valence-corrected chi connectivity index (χ3v) is 3.60. The Bertz CT molecular complexity index is 893. The fourth-order valence-corrected chi connectivity index (χ4v) is 2.46. The van der Waals surface area contributed by atoms with Gasteiger partial charge in [0.15, 0.2) is 5.11 Å². The SMILES string of the molecule is FC(F)(F)c1cccc(Cn2cnc(NC(=S)Nc3ccccc3)n2)c1. The molecule has 0 radical (unpaired) electrons. The molecule has 5 nitrogen and oxygen atoms in total. The van der Waals surface area contributed by atoms with Gasteiger partial charge in [0.2, 0.25) is 5.95 Å². The predicted octanol–water partition coefficient (Wildman–Crippen LogP) is 4.15. The van der Waals surface area contributed by atoms with E-state index in [9.17, 15) is 13.2 Å².